The Morgan fingerprint density at radius 1 is 1.35 bits per heavy atom. The molecule has 0 aromatic rings. The minimum Gasteiger partial charge on any atom is -0.349 e. The molecule has 2 saturated heterocycles. The van der Waals surface area contributed by atoms with E-state index in [9.17, 15) is 14.4 Å². The van der Waals surface area contributed by atoms with Crippen LogP contribution in [-0.4, -0.2) is 59.9 Å². The standard InChI is InChI=1S/C13H21N3O3S/c1-10(15-6-3-2-4-7-15)12(18)14-5-8-16-11(17)9-20-13(16)19/h10H,2-9H2,1H3,(H,14,18)/p+1/t10-/m1/s1. The van der Waals surface area contributed by atoms with Gasteiger partial charge in [0, 0.05) is 13.1 Å². The summed E-state index contributed by atoms with van der Waals surface area (Å²) in [5.41, 5.74) is 0. The van der Waals surface area contributed by atoms with E-state index in [2.05, 4.69) is 5.32 Å². The fourth-order valence-electron chi connectivity index (χ4n) is 2.67. The quantitative estimate of drug-likeness (QED) is 0.701. The van der Waals surface area contributed by atoms with Gasteiger partial charge < -0.3 is 10.2 Å². The minimum atomic E-state index is -0.209. The molecule has 0 spiro atoms. The van der Waals surface area contributed by atoms with Crippen molar-refractivity contribution in [2.75, 3.05) is 31.9 Å². The van der Waals surface area contributed by atoms with Crippen LogP contribution in [0.1, 0.15) is 26.2 Å². The van der Waals surface area contributed by atoms with Gasteiger partial charge in [0.05, 0.1) is 18.8 Å². The van der Waals surface area contributed by atoms with E-state index in [0.29, 0.717) is 6.54 Å². The van der Waals surface area contributed by atoms with Crippen LogP contribution < -0.4 is 10.2 Å². The zero-order valence-electron chi connectivity index (χ0n) is 11.8. The molecule has 0 saturated carbocycles. The fourth-order valence-corrected chi connectivity index (χ4v) is 3.42. The molecule has 7 heteroatoms. The lowest BCUT2D eigenvalue weighted by Gasteiger charge is -2.28. The molecular formula is C13H22N3O3S+. The molecule has 20 heavy (non-hydrogen) atoms. The fraction of sp³-hybridized carbons (Fsp3) is 0.769. The molecule has 3 amide bonds. The number of carbonyl (C=O) groups excluding carboxylic acids is 3. The first-order valence-corrected chi connectivity index (χ1v) is 8.17. The van der Waals surface area contributed by atoms with Gasteiger partial charge in [-0.2, -0.15) is 0 Å². The molecule has 112 valence electrons. The van der Waals surface area contributed by atoms with E-state index in [1.165, 1.54) is 29.1 Å². The van der Waals surface area contributed by atoms with Gasteiger partial charge in [0.1, 0.15) is 0 Å². The summed E-state index contributed by atoms with van der Waals surface area (Å²) in [6.07, 6.45) is 3.62. The van der Waals surface area contributed by atoms with Crippen LogP contribution in [-0.2, 0) is 9.59 Å². The molecule has 2 rings (SSSR count). The summed E-state index contributed by atoms with van der Waals surface area (Å²) in [5.74, 6) is 0.0683. The topological polar surface area (TPSA) is 70.9 Å². The van der Waals surface area contributed by atoms with Crippen molar-refractivity contribution < 1.29 is 19.3 Å². The highest BCUT2D eigenvalue weighted by molar-refractivity contribution is 8.14. The van der Waals surface area contributed by atoms with Crippen LogP contribution in [0, 0.1) is 0 Å². The van der Waals surface area contributed by atoms with E-state index < -0.39 is 0 Å². The molecule has 0 aliphatic carbocycles. The molecule has 2 aliphatic heterocycles. The zero-order valence-corrected chi connectivity index (χ0v) is 12.6. The summed E-state index contributed by atoms with van der Waals surface area (Å²) in [5, 5.41) is 2.62. The van der Waals surface area contributed by atoms with Gasteiger partial charge in [0.25, 0.3) is 11.1 Å². The normalized spacial score (nSPS) is 22.1. The minimum absolute atomic E-state index is 0.00801. The van der Waals surface area contributed by atoms with Crippen molar-refractivity contribution in [2.24, 2.45) is 0 Å². The molecule has 0 aromatic carbocycles. The van der Waals surface area contributed by atoms with Gasteiger partial charge in [0.15, 0.2) is 6.04 Å². The molecule has 2 fully saturated rings. The summed E-state index contributed by atoms with van der Waals surface area (Å²) in [7, 11) is 0. The van der Waals surface area contributed by atoms with Crippen LogP contribution in [0.25, 0.3) is 0 Å². The van der Waals surface area contributed by atoms with Crippen LogP contribution >= 0.6 is 11.8 Å². The number of thioether (sulfide) groups is 1. The van der Waals surface area contributed by atoms with Gasteiger partial charge in [-0.15, -0.1) is 0 Å². The first kappa shape index (κ1) is 15.3. The number of quaternary nitrogens is 1. The number of piperidine rings is 1. The maximum absolute atomic E-state index is 12.1. The van der Waals surface area contributed by atoms with Crippen molar-refractivity contribution in [3.8, 4) is 0 Å². The Labute approximate surface area is 123 Å². The van der Waals surface area contributed by atoms with Gasteiger partial charge >= 0.3 is 0 Å². The van der Waals surface area contributed by atoms with Gasteiger partial charge in [-0.3, -0.25) is 19.3 Å². The molecule has 0 aromatic heterocycles. The summed E-state index contributed by atoms with van der Waals surface area (Å²) in [4.78, 5) is 37.4. The van der Waals surface area contributed by atoms with E-state index in [1.54, 1.807) is 0 Å². The molecular weight excluding hydrogens is 278 g/mol. The Balaban J connectivity index is 1.71. The maximum Gasteiger partial charge on any atom is 0.288 e. The van der Waals surface area contributed by atoms with Gasteiger partial charge in [-0.05, 0) is 26.2 Å². The maximum atomic E-state index is 12.1. The lowest BCUT2D eigenvalue weighted by molar-refractivity contribution is -0.918. The highest BCUT2D eigenvalue weighted by Crippen LogP contribution is 2.17. The average Bonchev–Trinajstić information content (AvgIpc) is 2.79. The van der Waals surface area contributed by atoms with Crippen molar-refractivity contribution in [2.45, 2.75) is 32.2 Å². The second kappa shape index (κ2) is 7.08. The molecule has 2 aliphatic rings. The highest BCUT2D eigenvalue weighted by Gasteiger charge is 2.30. The number of hydrogen-bond acceptors (Lipinski definition) is 4. The van der Waals surface area contributed by atoms with Crippen LogP contribution in [0.3, 0.4) is 0 Å². The van der Waals surface area contributed by atoms with E-state index in [-0.39, 0.29) is 35.4 Å². The molecule has 2 heterocycles. The van der Waals surface area contributed by atoms with Crippen LogP contribution in [0.15, 0.2) is 0 Å². The van der Waals surface area contributed by atoms with Crippen LogP contribution in [0.5, 0.6) is 0 Å². The third-order valence-electron chi connectivity index (χ3n) is 3.98. The Bertz CT molecular complexity index is 380. The predicted molar refractivity (Wildman–Crippen MR) is 76.6 cm³/mol. The molecule has 0 bridgehead atoms. The van der Waals surface area contributed by atoms with E-state index in [1.807, 2.05) is 6.92 Å². The van der Waals surface area contributed by atoms with Gasteiger partial charge in [-0.1, -0.05) is 11.8 Å². The average molecular weight is 300 g/mol. The molecule has 0 radical (unpaired) electrons. The van der Waals surface area contributed by atoms with Crippen molar-refractivity contribution in [3.63, 3.8) is 0 Å². The lowest BCUT2D eigenvalue weighted by Crippen LogP contribution is -3.17. The summed E-state index contributed by atoms with van der Waals surface area (Å²) in [6.45, 7) is 4.66. The van der Waals surface area contributed by atoms with Crippen molar-refractivity contribution in [1.82, 2.24) is 10.2 Å². The van der Waals surface area contributed by atoms with E-state index in [0.717, 1.165) is 24.9 Å². The van der Waals surface area contributed by atoms with Crippen molar-refractivity contribution in [1.29, 1.82) is 0 Å². The van der Waals surface area contributed by atoms with Crippen molar-refractivity contribution in [3.05, 3.63) is 0 Å². The lowest BCUT2D eigenvalue weighted by atomic mass is 10.1. The second-order valence-corrected chi connectivity index (χ2v) is 6.26. The Morgan fingerprint density at radius 3 is 2.65 bits per heavy atom. The third-order valence-corrected chi connectivity index (χ3v) is 4.84. The molecule has 2 N–H and O–H groups in total. The number of amides is 3. The van der Waals surface area contributed by atoms with Crippen LogP contribution in [0.2, 0.25) is 0 Å². The second-order valence-electron chi connectivity index (χ2n) is 5.33. The number of carbonyl (C=O) groups is 3. The highest BCUT2D eigenvalue weighted by atomic mass is 32.2. The number of hydrogen-bond donors (Lipinski definition) is 2. The van der Waals surface area contributed by atoms with E-state index in [4.69, 9.17) is 0 Å². The number of nitrogens with zero attached hydrogens (tertiary/aromatic N) is 1. The van der Waals surface area contributed by atoms with Crippen LogP contribution in [0.4, 0.5) is 4.79 Å². The third kappa shape index (κ3) is 3.73. The number of nitrogens with one attached hydrogen (secondary N) is 2. The first-order valence-electron chi connectivity index (χ1n) is 7.19. The largest absolute Gasteiger partial charge is 0.349 e. The molecule has 6 nitrogen and oxygen atoms in total. The Kier molecular flexibility index (Phi) is 5.42. The summed E-state index contributed by atoms with van der Waals surface area (Å²) >= 11 is 1.02. The number of rotatable bonds is 5. The Hall–Kier alpha value is -1.08. The Morgan fingerprint density at radius 2 is 2.05 bits per heavy atom. The monoisotopic (exact) mass is 300 g/mol. The summed E-state index contributed by atoms with van der Waals surface area (Å²) in [6, 6.07) is -0.0605. The zero-order chi connectivity index (χ0) is 14.5. The summed E-state index contributed by atoms with van der Waals surface area (Å²) < 4.78 is 0. The van der Waals surface area contributed by atoms with Crippen molar-refractivity contribution >= 4 is 28.8 Å². The number of imide groups is 1. The SMILES string of the molecule is C[C@H](C(=O)NCCN1C(=O)CSC1=O)[NH+]1CCCCC1. The van der Waals surface area contributed by atoms with E-state index >= 15 is 0 Å². The van der Waals surface area contributed by atoms with Gasteiger partial charge in [-0.25, -0.2) is 0 Å². The number of likely N-dealkylation sites (tertiary alicyclic amines) is 1. The molecule has 0 unspecified atom stereocenters. The smallest absolute Gasteiger partial charge is 0.288 e. The van der Waals surface area contributed by atoms with Gasteiger partial charge in [0.2, 0.25) is 5.91 Å². The molecule has 1 atom stereocenters. The first-order chi connectivity index (χ1) is 9.59. The predicted octanol–water partition coefficient (Wildman–Crippen LogP) is -0.745.